The number of rotatable bonds is 5. The lowest BCUT2D eigenvalue weighted by Gasteiger charge is -2.34. The molecule has 39 heavy (non-hydrogen) atoms. The summed E-state index contributed by atoms with van der Waals surface area (Å²) in [6.45, 7) is 3.96. The van der Waals surface area contributed by atoms with Crippen molar-refractivity contribution in [3.63, 3.8) is 0 Å². The van der Waals surface area contributed by atoms with Crippen LogP contribution in [0.2, 0.25) is 0 Å². The van der Waals surface area contributed by atoms with Gasteiger partial charge in [-0.05, 0) is 66.7 Å². The van der Waals surface area contributed by atoms with Gasteiger partial charge in [-0.25, -0.2) is 0 Å². The number of piperazine rings is 1. The van der Waals surface area contributed by atoms with Crippen LogP contribution in [0.25, 0.3) is 17.7 Å². The summed E-state index contributed by atoms with van der Waals surface area (Å²) >= 11 is 0. The van der Waals surface area contributed by atoms with E-state index in [1.165, 1.54) is 12.1 Å². The largest absolute Gasteiger partial charge is 0.416 e. The second kappa shape index (κ2) is 10.8. The van der Waals surface area contributed by atoms with Crippen LogP contribution in [0, 0.1) is 0 Å². The van der Waals surface area contributed by atoms with E-state index in [0.29, 0.717) is 27.8 Å². The molecule has 0 aliphatic carbocycles. The molecule has 0 bridgehead atoms. The van der Waals surface area contributed by atoms with Gasteiger partial charge in [0.1, 0.15) is 0 Å². The maximum atomic E-state index is 12.8. The molecule has 0 radical (unpaired) electrons. The predicted octanol–water partition coefficient (Wildman–Crippen LogP) is 5.35. The van der Waals surface area contributed by atoms with Crippen LogP contribution in [0.15, 0.2) is 72.9 Å². The standard InChI is InChI=1S/C30H27F3N4O2/c1-36-14-16-37(17-15-36)24-11-9-23(10-12-24)34-19-27-26-18-21(6-13-25(26)28(38)35-29(27)39)3-2-20-4-7-22(8-5-20)30(31,32)33/h2-13,18-19,34H,14-17H2,1H3,(H,35,38,39). The Kier molecular flexibility index (Phi) is 7.26. The third kappa shape index (κ3) is 6.04. The van der Waals surface area contributed by atoms with Crippen LogP contribution in [0.3, 0.4) is 0 Å². The van der Waals surface area contributed by atoms with Crippen LogP contribution in [0.4, 0.5) is 24.5 Å². The van der Waals surface area contributed by atoms with Crippen molar-refractivity contribution in [1.29, 1.82) is 0 Å². The van der Waals surface area contributed by atoms with E-state index >= 15 is 0 Å². The molecule has 2 N–H and O–H groups in total. The van der Waals surface area contributed by atoms with Gasteiger partial charge in [0.15, 0.2) is 0 Å². The van der Waals surface area contributed by atoms with E-state index in [1.807, 2.05) is 24.3 Å². The second-order valence-corrected chi connectivity index (χ2v) is 9.58. The molecule has 3 aromatic carbocycles. The molecular formula is C30H27F3N4O2. The molecule has 2 amide bonds. The maximum absolute atomic E-state index is 12.8. The normalized spacial score (nSPS) is 17.4. The molecule has 3 aromatic rings. The molecule has 2 aliphatic heterocycles. The third-order valence-electron chi connectivity index (χ3n) is 6.88. The molecule has 2 aliphatic rings. The zero-order valence-corrected chi connectivity index (χ0v) is 21.3. The minimum absolute atomic E-state index is 0.303. The molecule has 2 heterocycles. The second-order valence-electron chi connectivity index (χ2n) is 9.58. The molecule has 0 aromatic heterocycles. The number of likely N-dealkylation sites (N-methyl/N-ethyl adjacent to an activating group) is 1. The van der Waals surface area contributed by atoms with Gasteiger partial charge in [0.05, 0.1) is 11.1 Å². The first-order valence-electron chi connectivity index (χ1n) is 12.5. The fourth-order valence-corrected chi connectivity index (χ4v) is 4.55. The van der Waals surface area contributed by atoms with E-state index < -0.39 is 23.6 Å². The van der Waals surface area contributed by atoms with Crippen molar-refractivity contribution < 1.29 is 22.8 Å². The summed E-state index contributed by atoms with van der Waals surface area (Å²) in [4.78, 5) is 29.8. The van der Waals surface area contributed by atoms with Crippen LogP contribution >= 0.6 is 0 Å². The summed E-state index contributed by atoms with van der Waals surface area (Å²) in [6.07, 6.45) is 0.588. The van der Waals surface area contributed by atoms with Gasteiger partial charge in [0.2, 0.25) is 0 Å². The Bertz CT molecular complexity index is 1440. The van der Waals surface area contributed by atoms with Gasteiger partial charge in [-0.2, -0.15) is 13.2 Å². The highest BCUT2D eigenvalue weighted by atomic mass is 19.4. The van der Waals surface area contributed by atoms with Gasteiger partial charge in [-0.3, -0.25) is 14.9 Å². The number of carbonyl (C=O) groups is 2. The lowest BCUT2D eigenvalue weighted by Crippen LogP contribution is -2.44. The molecule has 0 atom stereocenters. The van der Waals surface area contributed by atoms with E-state index in [-0.39, 0.29) is 0 Å². The molecule has 0 saturated carbocycles. The Morgan fingerprint density at radius 2 is 1.44 bits per heavy atom. The fraction of sp³-hybridized carbons (Fsp3) is 0.200. The van der Waals surface area contributed by atoms with Crippen molar-refractivity contribution in [2.45, 2.75) is 6.18 Å². The summed E-state index contributed by atoms with van der Waals surface area (Å²) in [5.41, 5.74) is 3.64. The minimum atomic E-state index is -4.39. The lowest BCUT2D eigenvalue weighted by molar-refractivity contribution is -0.137. The summed E-state index contributed by atoms with van der Waals surface area (Å²) in [5, 5.41) is 5.53. The molecule has 200 valence electrons. The molecule has 0 unspecified atom stereocenters. The van der Waals surface area contributed by atoms with Crippen molar-refractivity contribution in [3.8, 4) is 0 Å². The first kappa shape index (κ1) is 26.2. The number of nitrogens with one attached hydrogen (secondary N) is 2. The van der Waals surface area contributed by atoms with E-state index in [9.17, 15) is 22.8 Å². The molecule has 1 fully saturated rings. The van der Waals surface area contributed by atoms with Crippen LogP contribution in [-0.2, 0) is 11.0 Å². The lowest BCUT2D eigenvalue weighted by atomic mass is 9.93. The molecular weight excluding hydrogens is 505 g/mol. The molecule has 9 heteroatoms. The zero-order valence-electron chi connectivity index (χ0n) is 21.3. The minimum Gasteiger partial charge on any atom is -0.369 e. The zero-order chi connectivity index (χ0) is 27.6. The average molecular weight is 533 g/mol. The predicted molar refractivity (Wildman–Crippen MR) is 147 cm³/mol. The van der Waals surface area contributed by atoms with Gasteiger partial charge in [-0.15, -0.1) is 0 Å². The Hall–Kier alpha value is -4.37. The van der Waals surface area contributed by atoms with E-state index in [4.69, 9.17) is 0 Å². The number of carbonyl (C=O) groups excluding carboxylic acids is 2. The summed E-state index contributed by atoms with van der Waals surface area (Å²) in [6, 6.07) is 17.9. The smallest absolute Gasteiger partial charge is 0.369 e. The number of benzene rings is 3. The van der Waals surface area contributed by atoms with Crippen LogP contribution < -0.4 is 15.5 Å². The fourth-order valence-electron chi connectivity index (χ4n) is 4.55. The van der Waals surface area contributed by atoms with Crippen LogP contribution in [0.1, 0.15) is 32.6 Å². The number of hydrogen-bond acceptors (Lipinski definition) is 5. The van der Waals surface area contributed by atoms with E-state index in [0.717, 1.165) is 49.7 Å². The van der Waals surface area contributed by atoms with E-state index in [2.05, 4.69) is 27.5 Å². The number of fused-ring (bicyclic) bond motifs is 1. The average Bonchev–Trinajstić information content (AvgIpc) is 2.92. The maximum Gasteiger partial charge on any atom is 0.416 e. The first-order valence-corrected chi connectivity index (χ1v) is 12.5. The van der Waals surface area contributed by atoms with Crippen molar-refractivity contribution in [2.24, 2.45) is 0 Å². The topological polar surface area (TPSA) is 64.7 Å². The molecule has 5 rings (SSSR count). The van der Waals surface area contributed by atoms with Gasteiger partial charge >= 0.3 is 6.18 Å². The van der Waals surface area contributed by atoms with Gasteiger partial charge in [-0.1, -0.05) is 30.4 Å². The van der Waals surface area contributed by atoms with Crippen LogP contribution in [0.5, 0.6) is 0 Å². The molecule has 1 saturated heterocycles. The monoisotopic (exact) mass is 532 g/mol. The van der Waals surface area contributed by atoms with Crippen molar-refractivity contribution in [1.82, 2.24) is 10.2 Å². The SMILES string of the molecule is CN1CCN(c2ccc(NC=C3C(=O)NC(=O)c4ccc(C=Cc5ccc(C(F)(F)F)cc5)cc43)cc2)CC1. The van der Waals surface area contributed by atoms with Crippen molar-refractivity contribution in [2.75, 3.05) is 43.4 Å². The Morgan fingerprint density at radius 3 is 2.10 bits per heavy atom. The molecule has 0 spiro atoms. The number of anilines is 2. The summed E-state index contributed by atoms with van der Waals surface area (Å²) < 4.78 is 38.4. The molecule has 6 nitrogen and oxygen atoms in total. The third-order valence-corrected chi connectivity index (χ3v) is 6.88. The van der Waals surface area contributed by atoms with Gasteiger partial charge < -0.3 is 15.1 Å². The number of halogens is 3. The Morgan fingerprint density at radius 1 is 0.795 bits per heavy atom. The van der Waals surface area contributed by atoms with Gasteiger partial charge in [0, 0.05) is 54.9 Å². The van der Waals surface area contributed by atoms with Crippen molar-refractivity contribution >= 4 is 40.9 Å². The van der Waals surface area contributed by atoms with Crippen LogP contribution in [-0.4, -0.2) is 49.9 Å². The Labute approximate surface area is 224 Å². The number of imide groups is 1. The Balaban J connectivity index is 1.34. The van der Waals surface area contributed by atoms with Crippen molar-refractivity contribution in [3.05, 3.63) is 101 Å². The highest BCUT2D eigenvalue weighted by molar-refractivity contribution is 6.31. The summed E-state index contributed by atoms with van der Waals surface area (Å²) in [5.74, 6) is -1.00. The first-order chi connectivity index (χ1) is 18.7. The number of nitrogens with zero attached hydrogens (tertiary/aromatic N) is 2. The number of amides is 2. The summed E-state index contributed by atoms with van der Waals surface area (Å²) in [7, 11) is 2.11. The highest BCUT2D eigenvalue weighted by Crippen LogP contribution is 2.30. The number of alkyl halides is 3. The quantitative estimate of drug-likeness (QED) is 0.264. The number of hydrogen-bond donors (Lipinski definition) is 2. The van der Waals surface area contributed by atoms with E-state index in [1.54, 1.807) is 36.6 Å². The highest BCUT2D eigenvalue weighted by Gasteiger charge is 2.30. The van der Waals surface area contributed by atoms with Gasteiger partial charge in [0.25, 0.3) is 11.8 Å².